The summed E-state index contributed by atoms with van der Waals surface area (Å²) in [6, 6.07) is 7.15. The number of ether oxygens (including phenoxy) is 2. The zero-order valence-electron chi connectivity index (χ0n) is 18.3. The highest BCUT2D eigenvalue weighted by Crippen LogP contribution is 2.35. The van der Waals surface area contributed by atoms with E-state index in [0.29, 0.717) is 18.7 Å². The maximum atomic E-state index is 13.3. The molecule has 172 valence electrons. The van der Waals surface area contributed by atoms with Crippen molar-refractivity contribution >= 4 is 11.6 Å². The molecular formula is C23H32F3N3O2. The van der Waals surface area contributed by atoms with E-state index >= 15 is 0 Å². The summed E-state index contributed by atoms with van der Waals surface area (Å²) in [5, 5.41) is 2.92. The van der Waals surface area contributed by atoms with Gasteiger partial charge in [0.05, 0.1) is 13.2 Å². The molecule has 0 atom stereocenters. The Labute approximate surface area is 182 Å². The minimum Gasteiger partial charge on any atom is -0.494 e. The van der Waals surface area contributed by atoms with Crippen LogP contribution in [0.3, 0.4) is 0 Å². The van der Waals surface area contributed by atoms with Crippen LogP contribution in [0.5, 0.6) is 11.6 Å². The molecule has 2 aromatic rings. The largest absolute Gasteiger partial charge is 0.494 e. The molecule has 1 heterocycles. The predicted molar refractivity (Wildman–Crippen MR) is 116 cm³/mol. The van der Waals surface area contributed by atoms with Gasteiger partial charge in [-0.15, -0.1) is 0 Å². The van der Waals surface area contributed by atoms with Gasteiger partial charge in [0.15, 0.2) is 0 Å². The van der Waals surface area contributed by atoms with Crippen LogP contribution in [0.25, 0.3) is 0 Å². The first-order valence-corrected chi connectivity index (χ1v) is 11.0. The first kappa shape index (κ1) is 24.8. The van der Waals surface area contributed by atoms with Gasteiger partial charge in [0, 0.05) is 11.9 Å². The number of halogens is 3. The zero-order valence-corrected chi connectivity index (χ0v) is 18.3. The molecule has 8 heteroatoms. The maximum Gasteiger partial charge on any atom is 0.423 e. The molecule has 1 aromatic carbocycles. The Balaban J connectivity index is 1.97. The van der Waals surface area contributed by atoms with Crippen molar-refractivity contribution in [2.75, 3.05) is 18.5 Å². The lowest BCUT2D eigenvalue weighted by molar-refractivity contribution is -0.139. The van der Waals surface area contributed by atoms with Crippen molar-refractivity contribution in [2.24, 2.45) is 0 Å². The average molecular weight is 440 g/mol. The van der Waals surface area contributed by atoms with E-state index in [-0.39, 0.29) is 12.6 Å². The summed E-state index contributed by atoms with van der Waals surface area (Å²) in [6.07, 6.45) is 4.35. The number of rotatable bonds is 14. The highest BCUT2D eigenvalue weighted by atomic mass is 19.4. The molecule has 0 saturated carbocycles. The zero-order chi connectivity index (χ0) is 22.5. The molecule has 0 fully saturated rings. The summed E-state index contributed by atoms with van der Waals surface area (Å²) >= 11 is 0. The second-order valence-electron chi connectivity index (χ2n) is 7.38. The second-order valence-corrected chi connectivity index (χ2v) is 7.38. The molecule has 5 nitrogen and oxygen atoms in total. The molecule has 0 bridgehead atoms. The number of nitrogens with one attached hydrogen (secondary N) is 1. The van der Waals surface area contributed by atoms with Gasteiger partial charge in [-0.25, -0.2) is 4.98 Å². The molecule has 0 unspecified atom stereocenters. The average Bonchev–Trinajstić information content (AvgIpc) is 2.74. The Morgan fingerprint density at radius 2 is 1.45 bits per heavy atom. The van der Waals surface area contributed by atoms with Crippen LogP contribution >= 0.6 is 0 Å². The van der Waals surface area contributed by atoms with Gasteiger partial charge >= 0.3 is 6.18 Å². The van der Waals surface area contributed by atoms with Crippen molar-refractivity contribution in [1.29, 1.82) is 0 Å². The summed E-state index contributed by atoms with van der Waals surface area (Å²) in [4.78, 5) is 7.76. The highest BCUT2D eigenvalue weighted by molar-refractivity contribution is 5.55. The molecule has 31 heavy (non-hydrogen) atoms. The standard InChI is InChI=1S/C23H32F3N3O2/c1-3-5-7-9-15-30-19-13-11-18(12-14-19)28-22-27-17-20(23(24,25)26)21(29-22)31-16-10-8-6-4-2/h11-14,17H,3-10,15-16H2,1-2H3,(H,27,28,29). The fourth-order valence-electron chi connectivity index (χ4n) is 2.91. The number of aromatic nitrogens is 2. The Hall–Kier alpha value is -2.51. The predicted octanol–water partition coefficient (Wildman–Crippen LogP) is 7.16. The van der Waals surface area contributed by atoms with E-state index in [9.17, 15) is 13.2 Å². The molecule has 0 amide bonds. The van der Waals surface area contributed by atoms with E-state index < -0.39 is 17.6 Å². The number of alkyl halides is 3. The Morgan fingerprint density at radius 3 is 2.03 bits per heavy atom. The van der Waals surface area contributed by atoms with Gasteiger partial charge in [-0.1, -0.05) is 52.4 Å². The molecule has 0 aliphatic carbocycles. The smallest absolute Gasteiger partial charge is 0.423 e. The Kier molecular flexibility index (Phi) is 10.4. The van der Waals surface area contributed by atoms with Gasteiger partial charge in [-0.05, 0) is 37.1 Å². The van der Waals surface area contributed by atoms with Gasteiger partial charge in [0.2, 0.25) is 11.8 Å². The Bertz CT molecular complexity index is 768. The fraction of sp³-hybridized carbons (Fsp3) is 0.565. The molecule has 0 radical (unpaired) electrons. The van der Waals surface area contributed by atoms with Crippen molar-refractivity contribution in [3.63, 3.8) is 0 Å². The summed E-state index contributed by atoms with van der Waals surface area (Å²) in [5.41, 5.74) is -0.327. The van der Waals surface area contributed by atoms with E-state index in [4.69, 9.17) is 9.47 Å². The van der Waals surface area contributed by atoms with Crippen LogP contribution in [0.15, 0.2) is 30.5 Å². The van der Waals surface area contributed by atoms with E-state index in [1.54, 1.807) is 24.3 Å². The van der Waals surface area contributed by atoms with E-state index in [1.807, 2.05) is 0 Å². The molecular weight excluding hydrogens is 407 g/mol. The summed E-state index contributed by atoms with van der Waals surface area (Å²) < 4.78 is 50.8. The lowest BCUT2D eigenvalue weighted by Gasteiger charge is -2.14. The molecule has 0 saturated heterocycles. The first-order chi connectivity index (χ1) is 14.9. The second kappa shape index (κ2) is 13.0. The van der Waals surface area contributed by atoms with Crippen molar-refractivity contribution in [3.8, 4) is 11.6 Å². The SMILES string of the molecule is CCCCCCOc1ccc(Nc2ncc(C(F)(F)F)c(OCCCCCC)n2)cc1. The summed E-state index contributed by atoms with van der Waals surface area (Å²) in [7, 11) is 0. The van der Waals surface area contributed by atoms with Gasteiger partial charge in [-0.3, -0.25) is 0 Å². The minimum atomic E-state index is -4.58. The molecule has 1 N–H and O–H groups in total. The number of nitrogens with zero attached hydrogens (tertiary/aromatic N) is 2. The molecule has 1 aromatic heterocycles. The van der Waals surface area contributed by atoms with Crippen LogP contribution in [-0.4, -0.2) is 23.2 Å². The quantitative estimate of drug-likeness (QED) is 0.317. The number of anilines is 2. The topological polar surface area (TPSA) is 56.3 Å². The van der Waals surface area contributed by atoms with Crippen molar-refractivity contribution < 1.29 is 22.6 Å². The molecule has 2 rings (SSSR count). The van der Waals surface area contributed by atoms with Crippen LogP contribution < -0.4 is 14.8 Å². The lowest BCUT2D eigenvalue weighted by Crippen LogP contribution is -2.13. The van der Waals surface area contributed by atoms with Gasteiger partial charge in [-0.2, -0.15) is 18.2 Å². The third-order valence-electron chi connectivity index (χ3n) is 4.67. The molecule has 0 spiro atoms. The van der Waals surface area contributed by atoms with Crippen LogP contribution in [0.4, 0.5) is 24.8 Å². The van der Waals surface area contributed by atoms with Crippen molar-refractivity contribution in [2.45, 2.75) is 71.4 Å². The highest BCUT2D eigenvalue weighted by Gasteiger charge is 2.36. The van der Waals surface area contributed by atoms with E-state index in [1.165, 1.54) is 12.8 Å². The maximum absolute atomic E-state index is 13.3. The van der Waals surface area contributed by atoms with Gasteiger partial charge < -0.3 is 14.8 Å². The van der Waals surface area contributed by atoms with E-state index in [2.05, 4.69) is 29.1 Å². The van der Waals surface area contributed by atoms with Crippen molar-refractivity contribution in [3.05, 3.63) is 36.0 Å². The normalized spacial score (nSPS) is 11.4. The van der Waals surface area contributed by atoms with Crippen LogP contribution in [-0.2, 0) is 6.18 Å². The monoisotopic (exact) mass is 439 g/mol. The van der Waals surface area contributed by atoms with Crippen LogP contribution in [0.2, 0.25) is 0 Å². The van der Waals surface area contributed by atoms with Crippen LogP contribution in [0, 0.1) is 0 Å². The third-order valence-corrected chi connectivity index (χ3v) is 4.67. The van der Waals surface area contributed by atoms with Gasteiger partial charge in [0.1, 0.15) is 11.3 Å². The summed E-state index contributed by atoms with van der Waals surface area (Å²) in [5.74, 6) is 0.338. The summed E-state index contributed by atoms with van der Waals surface area (Å²) in [6.45, 7) is 5.07. The number of unbranched alkanes of at least 4 members (excludes halogenated alkanes) is 6. The number of hydrogen-bond donors (Lipinski definition) is 1. The minimum absolute atomic E-state index is 0.0461. The van der Waals surface area contributed by atoms with E-state index in [0.717, 1.165) is 44.1 Å². The lowest BCUT2D eigenvalue weighted by atomic mass is 10.2. The third kappa shape index (κ3) is 9.02. The molecule has 0 aliphatic heterocycles. The Morgan fingerprint density at radius 1 is 0.839 bits per heavy atom. The number of hydrogen-bond acceptors (Lipinski definition) is 5. The van der Waals surface area contributed by atoms with Crippen molar-refractivity contribution in [1.82, 2.24) is 9.97 Å². The number of benzene rings is 1. The first-order valence-electron chi connectivity index (χ1n) is 11.0. The van der Waals surface area contributed by atoms with Gasteiger partial charge in [0.25, 0.3) is 0 Å². The van der Waals surface area contributed by atoms with Crippen LogP contribution in [0.1, 0.15) is 70.8 Å². The fourth-order valence-corrected chi connectivity index (χ4v) is 2.91. The molecule has 0 aliphatic rings.